The van der Waals surface area contributed by atoms with Crippen LogP contribution in [-0.4, -0.2) is 23.9 Å². The summed E-state index contributed by atoms with van der Waals surface area (Å²) < 4.78 is 0. The highest BCUT2D eigenvalue weighted by Gasteiger charge is 2.33. The van der Waals surface area contributed by atoms with E-state index < -0.39 is 0 Å². The number of Topliss-reactive ketones (excluding diaryl/α,β-unsaturated/α-hetero) is 1. The van der Waals surface area contributed by atoms with Crippen LogP contribution in [0.3, 0.4) is 0 Å². The fraction of sp³-hybridized carbons (Fsp3) is 0.0909. The summed E-state index contributed by atoms with van der Waals surface area (Å²) in [5, 5.41) is 13.3. The van der Waals surface area contributed by atoms with Crippen LogP contribution in [0.15, 0.2) is 83.6 Å². The van der Waals surface area contributed by atoms with Crippen molar-refractivity contribution in [2.45, 2.75) is 0 Å². The quantitative estimate of drug-likeness (QED) is 0.648. The Labute approximate surface area is 162 Å². The second-order valence-electron chi connectivity index (χ2n) is 6.30. The summed E-state index contributed by atoms with van der Waals surface area (Å²) in [6, 6.07) is 18.8. The average molecular weight is 374 g/mol. The Balaban J connectivity index is 1.84. The molecule has 0 saturated carbocycles. The number of nitrogens with one attached hydrogen (secondary N) is 1. The van der Waals surface area contributed by atoms with E-state index in [-0.39, 0.29) is 5.78 Å². The molecule has 0 unspecified atom stereocenters. The Hall–Kier alpha value is -3.13. The molecule has 1 fully saturated rings. The van der Waals surface area contributed by atoms with Gasteiger partial charge in [0.05, 0.1) is 18.3 Å². The summed E-state index contributed by atoms with van der Waals surface area (Å²) in [6.45, 7) is 1.18. The molecule has 2 aliphatic heterocycles. The van der Waals surface area contributed by atoms with E-state index in [0.717, 1.165) is 17.0 Å². The molecule has 1 N–H and O–H groups in total. The van der Waals surface area contributed by atoms with Crippen LogP contribution in [0.25, 0.3) is 5.70 Å². The minimum atomic E-state index is -0.0767. The largest absolute Gasteiger partial charge is 0.329 e. The number of rotatable bonds is 3. The first kappa shape index (κ1) is 17.3. The van der Waals surface area contributed by atoms with Crippen molar-refractivity contribution in [1.82, 2.24) is 10.2 Å². The minimum Gasteiger partial charge on any atom is -0.329 e. The van der Waals surface area contributed by atoms with Crippen molar-refractivity contribution in [2.24, 2.45) is 0 Å². The highest BCUT2D eigenvalue weighted by molar-refractivity contribution is 6.30. The third kappa shape index (κ3) is 3.19. The molecule has 1 saturated heterocycles. The molecule has 2 heterocycles. The average Bonchev–Trinajstić information content (AvgIpc) is 3.18. The van der Waals surface area contributed by atoms with Crippen molar-refractivity contribution in [3.8, 4) is 6.07 Å². The second kappa shape index (κ2) is 7.24. The molecule has 0 radical (unpaired) electrons. The molecule has 2 aliphatic rings. The van der Waals surface area contributed by atoms with E-state index in [0.29, 0.717) is 34.9 Å². The Morgan fingerprint density at radius 1 is 1.15 bits per heavy atom. The molecular formula is C22H16ClN3O. The molecular weight excluding hydrogens is 358 g/mol. The molecule has 27 heavy (non-hydrogen) atoms. The van der Waals surface area contributed by atoms with Crippen LogP contribution in [0.4, 0.5) is 0 Å². The minimum absolute atomic E-state index is 0.0767. The van der Waals surface area contributed by atoms with Gasteiger partial charge in [-0.15, -0.1) is 0 Å². The number of nitrogens with zero attached hydrogens (tertiary/aromatic N) is 2. The molecule has 4 rings (SSSR count). The van der Waals surface area contributed by atoms with Crippen LogP contribution in [0.5, 0.6) is 0 Å². The summed E-state index contributed by atoms with van der Waals surface area (Å²) in [5.41, 5.74) is 4.63. The maximum Gasteiger partial charge on any atom is 0.195 e. The lowest BCUT2D eigenvalue weighted by atomic mass is 9.89. The normalized spacial score (nSPS) is 17.6. The fourth-order valence-corrected chi connectivity index (χ4v) is 3.56. The molecule has 0 spiro atoms. The SMILES string of the molecule is N#C/C=C1/C=C(c2ccc(Cl)cc2)N2CNCC2=C1C(=O)c1ccccc1. The lowest BCUT2D eigenvalue weighted by Crippen LogP contribution is -2.25. The van der Waals surface area contributed by atoms with Crippen LogP contribution in [0.2, 0.25) is 5.02 Å². The number of carbonyl (C=O) groups excluding carboxylic acids is 1. The number of nitriles is 1. The number of halogens is 1. The van der Waals surface area contributed by atoms with E-state index in [2.05, 4.69) is 16.3 Å². The number of benzene rings is 2. The summed E-state index contributed by atoms with van der Waals surface area (Å²) >= 11 is 6.02. The molecule has 2 aromatic rings. The van der Waals surface area contributed by atoms with E-state index in [1.807, 2.05) is 48.5 Å². The van der Waals surface area contributed by atoms with Gasteiger partial charge in [-0.05, 0) is 29.3 Å². The zero-order valence-corrected chi connectivity index (χ0v) is 15.2. The van der Waals surface area contributed by atoms with Gasteiger partial charge in [0.2, 0.25) is 0 Å². The highest BCUT2D eigenvalue weighted by Crippen LogP contribution is 2.37. The summed E-state index contributed by atoms with van der Waals surface area (Å²) in [4.78, 5) is 15.3. The first-order chi connectivity index (χ1) is 13.2. The topological polar surface area (TPSA) is 56.1 Å². The van der Waals surface area contributed by atoms with E-state index >= 15 is 0 Å². The fourth-order valence-electron chi connectivity index (χ4n) is 3.43. The van der Waals surface area contributed by atoms with Gasteiger partial charge < -0.3 is 4.90 Å². The number of hydrogen-bond acceptors (Lipinski definition) is 4. The summed E-state index contributed by atoms with van der Waals surface area (Å²) in [5.74, 6) is -0.0767. The van der Waals surface area contributed by atoms with Gasteiger partial charge in [0, 0.05) is 34.6 Å². The van der Waals surface area contributed by atoms with E-state index in [9.17, 15) is 10.1 Å². The maximum absolute atomic E-state index is 13.2. The van der Waals surface area contributed by atoms with Crippen molar-refractivity contribution >= 4 is 23.1 Å². The number of hydrogen-bond donors (Lipinski definition) is 1. The third-order valence-corrected chi connectivity index (χ3v) is 4.92. The van der Waals surface area contributed by atoms with Crippen LogP contribution in [0, 0.1) is 11.3 Å². The number of carbonyl (C=O) groups is 1. The van der Waals surface area contributed by atoms with E-state index in [1.54, 1.807) is 12.1 Å². The molecule has 0 aliphatic carbocycles. The molecule has 132 valence electrons. The first-order valence-corrected chi connectivity index (χ1v) is 8.96. The van der Waals surface area contributed by atoms with Gasteiger partial charge in [-0.2, -0.15) is 5.26 Å². The van der Waals surface area contributed by atoms with E-state index in [4.69, 9.17) is 11.6 Å². The molecule has 4 nitrogen and oxygen atoms in total. The van der Waals surface area contributed by atoms with Gasteiger partial charge in [0.15, 0.2) is 5.78 Å². The molecule has 5 heteroatoms. The Kier molecular flexibility index (Phi) is 4.64. The van der Waals surface area contributed by atoms with Gasteiger partial charge in [-0.25, -0.2) is 0 Å². The summed E-state index contributed by atoms with van der Waals surface area (Å²) in [7, 11) is 0. The molecule has 0 atom stereocenters. The van der Waals surface area contributed by atoms with Crippen molar-refractivity contribution in [3.63, 3.8) is 0 Å². The monoisotopic (exact) mass is 373 g/mol. The van der Waals surface area contributed by atoms with E-state index in [1.165, 1.54) is 6.08 Å². The molecule has 0 amide bonds. The Morgan fingerprint density at radius 3 is 2.59 bits per heavy atom. The number of allylic oxidation sites excluding steroid dienone is 4. The number of fused-ring (bicyclic) bond motifs is 1. The highest BCUT2D eigenvalue weighted by atomic mass is 35.5. The van der Waals surface area contributed by atoms with Crippen molar-refractivity contribution < 1.29 is 4.79 Å². The zero-order valence-electron chi connectivity index (χ0n) is 14.4. The standard InChI is InChI=1S/C22H16ClN3O/c23-18-8-6-15(7-9-18)19-12-17(10-11-24)21(20-13-25-14-26(19)20)22(27)16-4-2-1-3-5-16/h1-10,12,25H,13-14H2/b17-10-. The van der Waals surface area contributed by atoms with Crippen molar-refractivity contribution in [2.75, 3.05) is 13.2 Å². The van der Waals surface area contributed by atoms with Crippen LogP contribution in [-0.2, 0) is 0 Å². The summed E-state index contributed by atoms with van der Waals surface area (Å²) in [6.07, 6.45) is 3.34. The van der Waals surface area contributed by atoms with Crippen molar-refractivity contribution in [3.05, 3.63) is 99.7 Å². The maximum atomic E-state index is 13.2. The zero-order chi connectivity index (χ0) is 18.8. The third-order valence-electron chi connectivity index (χ3n) is 4.67. The smallest absolute Gasteiger partial charge is 0.195 e. The molecule has 0 aromatic heterocycles. The molecule has 2 aromatic carbocycles. The predicted octanol–water partition coefficient (Wildman–Crippen LogP) is 4.14. The predicted molar refractivity (Wildman–Crippen MR) is 106 cm³/mol. The Morgan fingerprint density at radius 2 is 1.89 bits per heavy atom. The van der Waals surface area contributed by atoms with Crippen LogP contribution < -0.4 is 5.32 Å². The Bertz CT molecular complexity index is 1030. The van der Waals surface area contributed by atoms with Crippen LogP contribution >= 0.6 is 11.6 Å². The lowest BCUT2D eigenvalue weighted by Gasteiger charge is -2.30. The number of ketones is 1. The first-order valence-electron chi connectivity index (χ1n) is 8.58. The van der Waals surface area contributed by atoms with Gasteiger partial charge in [-0.3, -0.25) is 10.1 Å². The molecule has 0 bridgehead atoms. The van der Waals surface area contributed by atoms with Gasteiger partial charge in [0.25, 0.3) is 0 Å². The van der Waals surface area contributed by atoms with Crippen molar-refractivity contribution in [1.29, 1.82) is 5.26 Å². The lowest BCUT2D eigenvalue weighted by molar-refractivity contribution is 0.103. The van der Waals surface area contributed by atoms with Gasteiger partial charge >= 0.3 is 0 Å². The van der Waals surface area contributed by atoms with Gasteiger partial charge in [-0.1, -0.05) is 54.1 Å². The second-order valence-corrected chi connectivity index (χ2v) is 6.73. The van der Waals surface area contributed by atoms with Gasteiger partial charge in [0.1, 0.15) is 0 Å². The van der Waals surface area contributed by atoms with Crippen LogP contribution in [0.1, 0.15) is 15.9 Å².